The highest BCUT2D eigenvalue weighted by Crippen LogP contribution is 2.18. The van der Waals surface area contributed by atoms with Crippen molar-refractivity contribution in [3.63, 3.8) is 0 Å². The Morgan fingerprint density at radius 2 is 2.31 bits per heavy atom. The fourth-order valence-corrected chi connectivity index (χ4v) is 1.85. The van der Waals surface area contributed by atoms with Crippen molar-refractivity contribution in [2.75, 3.05) is 13.1 Å². The minimum absolute atomic E-state index is 0.109. The van der Waals surface area contributed by atoms with Gasteiger partial charge in [0.25, 0.3) is 0 Å². The van der Waals surface area contributed by atoms with Gasteiger partial charge >= 0.3 is 0 Å². The highest BCUT2D eigenvalue weighted by molar-refractivity contribution is 5.15. The summed E-state index contributed by atoms with van der Waals surface area (Å²) in [6.45, 7) is 3.97. The van der Waals surface area contributed by atoms with Crippen LogP contribution in [-0.4, -0.2) is 18.1 Å². The van der Waals surface area contributed by atoms with Crippen molar-refractivity contribution in [2.24, 2.45) is 0 Å². The number of aryl methyl sites for hydroxylation is 1. The van der Waals surface area contributed by atoms with Gasteiger partial charge in [-0.15, -0.1) is 0 Å². The lowest BCUT2D eigenvalue weighted by Gasteiger charge is -2.08. The Balaban J connectivity index is 2.33. The van der Waals surface area contributed by atoms with Crippen molar-refractivity contribution in [3.8, 4) is 0 Å². The van der Waals surface area contributed by atoms with E-state index in [9.17, 15) is 4.79 Å². The zero-order valence-electron chi connectivity index (χ0n) is 7.76. The number of aromatic amines is 1. The third-order valence-corrected chi connectivity index (χ3v) is 2.50. The number of nitrogens with one attached hydrogen (secondary N) is 2. The molecular weight excluding hydrogens is 164 g/mol. The summed E-state index contributed by atoms with van der Waals surface area (Å²) in [4.78, 5) is 14.5. The first-order chi connectivity index (χ1) is 6.25. The Hall–Kier alpha value is -1.09. The molecule has 1 aromatic rings. The van der Waals surface area contributed by atoms with E-state index in [1.165, 1.54) is 0 Å². The van der Waals surface area contributed by atoms with E-state index in [0.717, 1.165) is 30.9 Å². The molecule has 0 bridgehead atoms. The molecule has 1 unspecified atom stereocenters. The Bertz CT molecular complexity index is 350. The van der Waals surface area contributed by atoms with E-state index in [4.69, 9.17) is 0 Å². The van der Waals surface area contributed by atoms with Crippen molar-refractivity contribution in [3.05, 3.63) is 33.7 Å². The number of hydrogen-bond acceptors (Lipinski definition) is 2. The van der Waals surface area contributed by atoms with Crippen LogP contribution in [0.4, 0.5) is 0 Å². The van der Waals surface area contributed by atoms with Gasteiger partial charge in [-0.05, 0) is 19.9 Å². The summed E-state index contributed by atoms with van der Waals surface area (Å²) in [7, 11) is 0. The van der Waals surface area contributed by atoms with Crippen molar-refractivity contribution in [2.45, 2.75) is 19.3 Å². The largest absolute Gasteiger partial charge is 0.362 e. The summed E-state index contributed by atoms with van der Waals surface area (Å²) in [5.41, 5.74) is 2.14. The van der Waals surface area contributed by atoms with Crippen LogP contribution in [0.2, 0.25) is 0 Å². The summed E-state index contributed by atoms with van der Waals surface area (Å²) in [5, 5.41) is 3.29. The second-order valence-corrected chi connectivity index (χ2v) is 3.64. The lowest BCUT2D eigenvalue weighted by Crippen LogP contribution is -2.12. The normalized spacial score (nSPS) is 22.1. The minimum atomic E-state index is 0.109. The molecule has 2 heterocycles. The van der Waals surface area contributed by atoms with Crippen LogP contribution in [0, 0.1) is 6.92 Å². The topological polar surface area (TPSA) is 44.9 Å². The lowest BCUT2D eigenvalue weighted by atomic mass is 10.0. The van der Waals surface area contributed by atoms with Gasteiger partial charge in [0, 0.05) is 36.0 Å². The molecule has 1 fully saturated rings. The maximum absolute atomic E-state index is 11.2. The molecule has 0 aromatic carbocycles. The molecule has 70 valence electrons. The van der Waals surface area contributed by atoms with Crippen molar-refractivity contribution < 1.29 is 0 Å². The smallest absolute Gasteiger partial charge is 0.182 e. The molecule has 0 radical (unpaired) electrons. The summed E-state index contributed by atoms with van der Waals surface area (Å²) in [5.74, 6) is 0.493. The summed E-state index contributed by atoms with van der Waals surface area (Å²) < 4.78 is 0. The summed E-state index contributed by atoms with van der Waals surface area (Å²) >= 11 is 0. The fraction of sp³-hybridized carbons (Fsp3) is 0.500. The number of hydrogen-bond donors (Lipinski definition) is 2. The first-order valence-corrected chi connectivity index (χ1v) is 4.67. The van der Waals surface area contributed by atoms with Gasteiger partial charge in [-0.3, -0.25) is 4.79 Å². The van der Waals surface area contributed by atoms with Crippen LogP contribution in [0.1, 0.15) is 23.7 Å². The average Bonchev–Trinajstić information content (AvgIpc) is 2.53. The standard InChI is InChI=1S/C10H14N2O/c1-7-4-9(13)5-10(12-7)8-2-3-11-6-8/h4-5,8,11H,2-3,6H2,1H3,(H,12,13). The monoisotopic (exact) mass is 178 g/mol. The average molecular weight is 178 g/mol. The Morgan fingerprint density at radius 3 is 2.92 bits per heavy atom. The maximum atomic E-state index is 11.2. The van der Waals surface area contributed by atoms with Crippen LogP contribution in [0.15, 0.2) is 16.9 Å². The van der Waals surface area contributed by atoms with Crippen LogP contribution >= 0.6 is 0 Å². The molecule has 2 N–H and O–H groups in total. The SMILES string of the molecule is Cc1cc(=O)cc(C2CCNC2)[nH]1. The molecule has 0 aliphatic carbocycles. The quantitative estimate of drug-likeness (QED) is 0.667. The molecular formula is C10H14N2O. The van der Waals surface area contributed by atoms with E-state index in [-0.39, 0.29) is 5.43 Å². The van der Waals surface area contributed by atoms with Gasteiger partial charge in [0.1, 0.15) is 0 Å². The third kappa shape index (κ3) is 1.80. The van der Waals surface area contributed by atoms with Gasteiger partial charge in [0.2, 0.25) is 0 Å². The number of H-pyrrole nitrogens is 1. The summed E-state index contributed by atoms with van der Waals surface area (Å²) in [6, 6.07) is 3.34. The predicted molar refractivity (Wildman–Crippen MR) is 52.0 cm³/mol. The van der Waals surface area contributed by atoms with Gasteiger partial charge < -0.3 is 10.3 Å². The molecule has 1 aliphatic rings. The van der Waals surface area contributed by atoms with Crippen LogP contribution in [-0.2, 0) is 0 Å². The molecule has 1 atom stereocenters. The van der Waals surface area contributed by atoms with Crippen molar-refractivity contribution >= 4 is 0 Å². The van der Waals surface area contributed by atoms with Gasteiger partial charge in [0.05, 0.1) is 0 Å². The lowest BCUT2D eigenvalue weighted by molar-refractivity contribution is 0.730. The van der Waals surface area contributed by atoms with Crippen LogP contribution in [0.3, 0.4) is 0 Å². The fourth-order valence-electron chi connectivity index (χ4n) is 1.85. The van der Waals surface area contributed by atoms with Gasteiger partial charge in [-0.1, -0.05) is 0 Å². The zero-order valence-corrected chi connectivity index (χ0v) is 7.76. The Morgan fingerprint density at radius 1 is 1.46 bits per heavy atom. The molecule has 13 heavy (non-hydrogen) atoms. The minimum Gasteiger partial charge on any atom is -0.362 e. The Kier molecular flexibility index (Phi) is 2.19. The number of rotatable bonds is 1. The molecule has 2 rings (SSSR count). The van der Waals surface area contributed by atoms with E-state index in [1.807, 2.05) is 6.92 Å². The van der Waals surface area contributed by atoms with E-state index in [1.54, 1.807) is 12.1 Å². The van der Waals surface area contributed by atoms with Gasteiger partial charge in [0.15, 0.2) is 5.43 Å². The van der Waals surface area contributed by atoms with Crippen LogP contribution in [0.5, 0.6) is 0 Å². The number of aromatic nitrogens is 1. The van der Waals surface area contributed by atoms with Crippen molar-refractivity contribution in [1.82, 2.24) is 10.3 Å². The molecule has 0 saturated carbocycles. The highest BCUT2D eigenvalue weighted by Gasteiger charge is 2.17. The second-order valence-electron chi connectivity index (χ2n) is 3.64. The first kappa shape index (κ1) is 8.51. The van der Waals surface area contributed by atoms with Gasteiger partial charge in [-0.2, -0.15) is 0 Å². The number of pyridine rings is 1. The molecule has 0 amide bonds. The molecule has 1 aromatic heterocycles. The molecule has 0 spiro atoms. The molecule has 3 nitrogen and oxygen atoms in total. The van der Waals surface area contributed by atoms with E-state index in [0.29, 0.717) is 5.92 Å². The van der Waals surface area contributed by atoms with E-state index >= 15 is 0 Å². The van der Waals surface area contributed by atoms with Crippen LogP contribution in [0.25, 0.3) is 0 Å². The summed E-state index contributed by atoms with van der Waals surface area (Å²) in [6.07, 6.45) is 1.12. The zero-order chi connectivity index (χ0) is 9.26. The maximum Gasteiger partial charge on any atom is 0.182 e. The first-order valence-electron chi connectivity index (χ1n) is 4.67. The molecule has 1 saturated heterocycles. The second kappa shape index (κ2) is 3.34. The third-order valence-electron chi connectivity index (χ3n) is 2.50. The highest BCUT2D eigenvalue weighted by atomic mass is 16.1. The predicted octanol–water partition coefficient (Wildman–Crippen LogP) is 0.760. The van der Waals surface area contributed by atoms with E-state index < -0.39 is 0 Å². The van der Waals surface area contributed by atoms with Gasteiger partial charge in [-0.25, -0.2) is 0 Å². The van der Waals surface area contributed by atoms with E-state index in [2.05, 4.69) is 10.3 Å². The molecule has 3 heteroatoms. The molecule has 1 aliphatic heterocycles. The van der Waals surface area contributed by atoms with Crippen molar-refractivity contribution in [1.29, 1.82) is 0 Å². The van der Waals surface area contributed by atoms with Crippen LogP contribution < -0.4 is 10.7 Å². The Labute approximate surface area is 77.2 Å².